The number of para-hydroxylation sites is 1. The summed E-state index contributed by atoms with van der Waals surface area (Å²) in [6.45, 7) is 1.01. The molecule has 82 valence electrons. The minimum Gasteiger partial charge on any atom is -0.393 e. The van der Waals surface area contributed by atoms with E-state index in [4.69, 9.17) is 5.11 Å². The molecule has 0 aromatic heterocycles. The highest BCUT2D eigenvalue weighted by atomic mass is 19.1. The van der Waals surface area contributed by atoms with E-state index >= 15 is 0 Å². The van der Waals surface area contributed by atoms with E-state index in [1.54, 1.807) is 0 Å². The number of benzene rings is 1. The summed E-state index contributed by atoms with van der Waals surface area (Å²) < 4.78 is 13.7. The largest absolute Gasteiger partial charge is 0.393 e. The Kier molecular flexibility index (Phi) is 2.91. The van der Waals surface area contributed by atoms with E-state index in [9.17, 15) is 4.39 Å². The summed E-state index contributed by atoms with van der Waals surface area (Å²) in [7, 11) is 0. The van der Waals surface area contributed by atoms with E-state index < -0.39 is 5.67 Å². The summed E-state index contributed by atoms with van der Waals surface area (Å²) in [5.74, 6) is 0. The maximum atomic E-state index is 13.7. The number of piperidine rings is 1. The average Bonchev–Trinajstić information content (AvgIpc) is 2.31. The van der Waals surface area contributed by atoms with Crippen LogP contribution < -0.4 is 4.90 Å². The van der Waals surface area contributed by atoms with Gasteiger partial charge in [0.1, 0.15) is 5.67 Å². The van der Waals surface area contributed by atoms with E-state index in [0.717, 1.165) is 5.69 Å². The van der Waals surface area contributed by atoms with Crippen LogP contribution in [0, 0.1) is 0 Å². The Morgan fingerprint density at radius 1 is 1.20 bits per heavy atom. The van der Waals surface area contributed by atoms with Crippen LogP contribution in [0.4, 0.5) is 10.1 Å². The van der Waals surface area contributed by atoms with Gasteiger partial charge in [-0.2, -0.15) is 0 Å². The molecule has 15 heavy (non-hydrogen) atoms. The number of aliphatic hydroxyl groups is 1. The zero-order valence-corrected chi connectivity index (χ0v) is 8.69. The van der Waals surface area contributed by atoms with Gasteiger partial charge in [0.15, 0.2) is 0 Å². The third kappa shape index (κ3) is 2.29. The molecule has 0 aliphatic carbocycles. The van der Waals surface area contributed by atoms with Crippen LogP contribution >= 0.6 is 0 Å². The van der Waals surface area contributed by atoms with Crippen molar-refractivity contribution in [1.29, 1.82) is 0 Å². The third-order valence-electron chi connectivity index (χ3n) is 3.06. The van der Waals surface area contributed by atoms with Gasteiger partial charge in [-0.15, -0.1) is 0 Å². The number of aliphatic hydroxyl groups excluding tert-OH is 1. The van der Waals surface area contributed by atoms with Crippen molar-refractivity contribution >= 4 is 5.69 Å². The number of hydrogen-bond donors (Lipinski definition) is 1. The maximum Gasteiger partial charge on any atom is 0.137 e. The molecule has 0 bridgehead atoms. The zero-order chi connectivity index (χ0) is 10.7. The van der Waals surface area contributed by atoms with Crippen molar-refractivity contribution in [3.8, 4) is 0 Å². The lowest BCUT2D eigenvalue weighted by Gasteiger charge is -2.36. The Morgan fingerprint density at radius 3 is 2.33 bits per heavy atom. The van der Waals surface area contributed by atoms with Crippen molar-refractivity contribution in [1.82, 2.24) is 0 Å². The van der Waals surface area contributed by atoms with Gasteiger partial charge in [0, 0.05) is 31.6 Å². The molecule has 0 amide bonds. The minimum absolute atomic E-state index is 0.352. The van der Waals surface area contributed by atoms with Crippen LogP contribution in [-0.2, 0) is 0 Å². The SMILES string of the molecule is OCC1(F)CCN(c2ccccc2)CC1. The first-order valence-electron chi connectivity index (χ1n) is 5.33. The highest BCUT2D eigenvalue weighted by Crippen LogP contribution is 2.28. The molecule has 1 aromatic carbocycles. The Hall–Kier alpha value is -1.09. The fourth-order valence-corrected chi connectivity index (χ4v) is 1.96. The molecule has 0 unspecified atom stereocenters. The van der Waals surface area contributed by atoms with Gasteiger partial charge in [-0.05, 0) is 12.1 Å². The summed E-state index contributed by atoms with van der Waals surface area (Å²) in [5.41, 5.74) is -0.219. The Balaban J connectivity index is 2.00. The molecule has 3 heteroatoms. The molecule has 2 rings (SSSR count). The fraction of sp³-hybridized carbons (Fsp3) is 0.500. The van der Waals surface area contributed by atoms with Crippen molar-refractivity contribution < 1.29 is 9.50 Å². The first-order valence-corrected chi connectivity index (χ1v) is 5.33. The summed E-state index contributed by atoms with van der Waals surface area (Å²) in [5, 5.41) is 8.91. The number of halogens is 1. The molecule has 1 fully saturated rings. The van der Waals surface area contributed by atoms with Crippen molar-refractivity contribution in [2.45, 2.75) is 18.5 Å². The van der Waals surface area contributed by atoms with Crippen molar-refractivity contribution in [2.24, 2.45) is 0 Å². The lowest BCUT2D eigenvalue weighted by atomic mass is 9.94. The van der Waals surface area contributed by atoms with Crippen LogP contribution in [0.2, 0.25) is 0 Å². The molecule has 1 N–H and O–H groups in total. The molecule has 0 radical (unpaired) electrons. The number of hydrogen-bond acceptors (Lipinski definition) is 2. The first-order chi connectivity index (χ1) is 7.23. The normalized spacial score (nSPS) is 20.3. The molecule has 0 saturated carbocycles. The van der Waals surface area contributed by atoms with Crippen LogP contribution in [0.3, 0.4) is 0 Å². The molecule has 1 heterocycles. The van der Waals surface area contributed by atoms with E-state index in [-0.39, 0.29) is 6.61 Å². The standard InChI is InChI=1S/C12H16FNO/c13-12(10-15)6-8-14(9-7-12)11-4-2-1-3-5-11/h1-5,15H,6-10H2. The summed E-state index contributed by atoms with van der Waals surface area (Å²) in [6, 6.07) is 10.0. The van der Waals surface area contributed by atoms with Gasteiger partial charge < -0.3 is 10.0 Å². The Labute approximate surface area is 89.3 Å². The molecule has 0 spiro atoms. The topological polar surface area (TPSA) is 23.5 Å². The van der Waals surface area contributed by atoms with Crippen molar-refractivity contribution in [3.05, 3.63) is 30.3 Å². The van der Waals surface area contributed by atoms with E-state index in [0.29, 0.717) is 25.9 Å². The smallest absolute Gasteiger partial charge is 0.137 e. The number of anilines is 1. The molecule has 1 aliphatic heterocycles. The minimum atomic E-state index is -1.36. The zero-order valence-electron chi connectivity index (χ0n) is 8.69. The van der Waals surface area contributed by atoms with Crippen molar-refractivity contribution in [2.75, 3.05) is 24.6 Å². The quantitative estimate of drug-likeness (QED) is 0.805. The molecular weight excluding hydrogens is 193 g/mol. The van der Waals surface area contributed by atoms with Crippen LogP contribution in [0.25, 0.3) is 0 Å². The second-order valence-corrected chi connectivity index (χ2v) is 4.13. The Bertz CT molecular complexity index is 307. The summed E-state index contributed by atoms with van der Waals surface area (Å²) in [4.78, 5) is 2.16. The predicted molar refractivity (Wildman–Crippen MR) is 58.8 cm³/mol. The van der Waals surface area contributed by atoms with E-state index in [2.05, 4.69) is 4.90 Å². The van der Waals surface area contributed by atoms with Crippen LogP contribution in [-0.4, -0.2) is 30.5 Å². The monoisotopic (exact) mass is 209 g/mol. The van der Waals surface area contributed by atoms with Gasteiger partial charge in [-0.3, -0.25) is 0 Å². The number of nitrogens with zero attached hydrogens (tertiary/aromatic N) is 1. The van der Waals surface area contributed by atoms with Gasteiger partial charge in [-0.25, -0.2) is 4.39 Å². The number of alkyl halides is 1. The lowest BCUT2D eigenvalue weighted by Crippen LogP contribution is -2.43. The summed E-state index contributed by atoms with van der Waals surface area (Å²) in [6.07, 6.45) is 0.830. The van der Waals surface area contributed by atoms with Gasteiger partial charge in [0.25, 0.3) is 0 Å². The average molecular weight is 209 g/mol. The lowest BCUT2D eigenvalue weighted by molar-refractivity contribution is 0.0481. The molecular formula is C12H16FNO. The van der Waals surface area contributed by atoms with Gasteiger partial charge in [0.2, 0.25) is 0 Å². The van der Waals surface area contributed by atoms with Gasteiger partial charge >= 0.3 is 0 Å². The highest BCUT2D eigenvalue weighted by Gasteiger charge is 2.33. The fourth-order valence-electron chi connectivity index (χ4n) is 1.96. The molecule has 0 atom stereocenters. The molecule has 2 nitrogen and oxygen atoms in total. The maximum absolute atomic E-state index is 13.7. The predicted octanol–water partition coefficient (Wildman–Crippen LogP) is 1.99. The first kappa shape index (κ1) is 10.4. The van der Waals surface area contributed by atoms with Crippen molar-refractivity contribution in [3.63, 3.8) is 0 Å². The Morgan fingerprint density at radius 2 is 1.80 bits per heavy atom. The van der Waals surface area contributed by atoms with E-state index in [1.807, 2.05) is 30.3 Å². The second kappa shape index (κ2) is 4.19. The van der Waals surface area contributed by atoms with E-state index in [1.165, 1.54) is 0 Å². The highest BCUT2D eigenvalue weighted by molar-refractivity contribution is 5.46. The van der Waals surface area contributed by atoms with Gasteiger partial charge in [0.05, 0.1) is 6.61 Å². The van der Waals surface area contributed by atoms with Crippen LogP contribution in [0.15, 0.2) is 30.3 Å². The summed E-state index contributed by atoms with van der Waals surface area (Å²) >= 11 is 0. The molecule has 1 saturated heterocycles. The van der Waals surface area contributed by atoms with Crippen LogP contribution in [0.5, 0.6) is 0 Å². The molecule has 1 aliphatic rings. The van der Waals surface area contributed by atoms with Crippen LogP contribution in [0.1, 0.15) is 12.8 Å². The second-order valence-electron chi connectivity index (χ2n) is 4.13. The third-order valence-corrected chi connectivity index (χ3v) is 3.06. The number of rotatable bonds is 2. The molecule has 1 aromatic rings. The van der Waals surface area contributed by atoms with Gasteiger partial charge in [-0.1, -0.05) is 18.2 Å².